The molecule has 96 valence electrons. The molecule has 0 aromatic heterocycles. The van der Waals surface area contributed by atoms with E-state index in [2.05, 4.69) is 0 Å². The van der Waals surface area contributed by atoms with E-state index in [-0.39, 0.29) is 16.5 Å². The van der Waals surface area contributed by atoms with Crippen molar-refractivity contribution in [1.82, 2.24) is 0 Å². The van der Waals surface area contributed by atoms with Crippen LogP contribution in [-0.2, 0) is 4.79 Å². The van der Waals surface area contributed by atoms with Crippen molar-refractivity contribution in [2.24, 2.45) is 0 Å². The van der Waals surface area contributed by atoms with Crippen LogP contribution in [0.1, 0.15) is 18.9 Å². The van der Waals surface area contributed by atoms with Gasteiger partial charge in [-0.25, -0.2) is 0 Å². The normalized spacial score (nSPS) is 10.7. The largest absolute Gasteiger partial charge is 0.393 e. The van der Waals surface area contributed by atoms with Crippen LogP contribution in [0, 0.1) is 10.1 Å². The Kier molecular flexibility index (Phi) is 5.38. The number of thioether (sulfide) groups is 1. The number of nitro groups is 1. The van der Waals surface area contributed by atoms with E-state index in [1.807, 2.05) is 6.08 Å². The van der Waals surface area contributed by atoms with Crippen LogP contribution in [0.3, 0.4) is 0 Å². The molecule has 1 rings (SSSR count). The number of carbonyl (C=O) groups excluding carboxylic acids is 1. The van der Waals surface area contributed by atoms with Crippen molar-refractivity contribution in [2.45, 2.75) is 13.3 Å². The minimum atomic E-state index is -0.502. The Hall–Kier alpha value is -1.82. The van der Waals surface area contributed by atoms with Crippen molar-refractivity contribution in [3.8, 4) is 0 Å². The molecule has 0 saturated heterocycles. The first-order valence-corrected chi connectivity index (χ1v) is 6.33. The van der Waals surface area contributed by atoms with Gasteiger partial charge in [0.25, 0.3) is 5.69 Å². The van der Waals surface area contributed by atoms with Crippen LogP contribution in [0.15, 0.2) is 24.3 Å². The van der Waals surface area contributed by atoms with E-state index in [4.69, 9.17) is 5.73 Å². The molecule has 0 aliphatic carbocycles. The van der Waals surface area contributed by atoms with Crippen molar-refractivity contribution in [2.75, 3.05) is 11.5 Å². The van der Waals surface area contributed by atoms with E-state index < -0.39 is 4.92 Å². The van der Waals surface area contributed by atoms with Gasteiger partial charge in [0.05, 0.1) is 4.92 Å². The maximum Gasteiger partial charge on any atom is 0.292 e. The summed E-state index contributed by atoms with van der Waals surface area (Å²) < 4.78 is 0. The Morgan fingerprint density at radius 2 is 2.28 bits per heavy atom. The van der Waals surface area contributed by atoms with Crippen LogP contribution >= 0.6 is 11.8 Å². The molecule has 1 aromatic rings. The lowest BCUT2D eigenvalue weighted by Crippen LogP contribution is -1.95. The second-order valence-electron chi connectivity index (χ2n) is 3.61. The predicted molar refractivity (Wildman–Crippen MR) is 74.3 cm³/mol. The smallest absolute Gasteiger partial charge is 0.292 e. The summed E-state index contributed by atoms with van der Waals surface area (Å²) in [5.74, 6) is 0.711. The molecule has 1 aromatic carbocycles. The molecular formula is C12H14N2O3S. The molecule has 0 heterocycles. The van der Waals surface area contributed by atoms with Gasteiger partial charge < -0.3 is 5.73 Å². The van der Waals surface area contributed by atoms with Gasteiger partial charge in [-0.15, -0.1) is 0 Å². The van der Waals surface area contributed by atoms with E-state index in [1.165, 1.54) is 30.8 Å². The van der Waals surface area contributed by atoms with E-state index in [0.717, 1.165) is 12.0 Å². The number of anilines is 1. The van der Waals surface area contributed by atoms with Gasteiger partial charge in [-0.05, 0) is 18.1 Å². The van der Waals surface area contributed by atoms with E-state index >= 15 is 0 Å². The molecule has 0 saturated carbocycles. The lowest BCUT2D eigenvalue weighted by molar-refractivity contribution is -0.383. The van der Waals surface area contributed by atoms with Gasteiger partial charge in [-0.3, -0.25) is 14.9 Å². The zero-order chi connectivity index (χ0) is 13.5. The maximum absolute atomic E-state index is 10.7. The zero-order valence-corrected chi connectivity index (χ0v) is 10.8. The number of nitrogens with two attached hydrogens (primary N) is 1. The fraction of sp³-hybridized carbons (Fsp3) is 0.250. The molecular weight excluding hydrogens is 252 g/mol. The number of carbonyl (C=O) groups is 1. The molecule has 0 bridgehead atoms. The van der Waals surface area contributed by atoms with Gasteiger partial charge in [-0.2, -0.15) is 0 Å². The number of nitro benzene ring substituents is 1. The van der Waals surface area contributed by atoms with Crippen molar-refractivity contribution in [3.05, 3.63) is 40.0 Å². The molecule has 0 unspecified atom stereocenters. The molecule has 2 N–H and O–H groups in total. The molecule has 0 radical (unpaired) electrons. The predicted octanol–water partition coefficient (Wildman–Crippen LogP) is 2.86. The number of nitrogen functional groups attached to an aromatic ring is 1. The lowest BCUT2D eigenvalue weighted by Gasteiger charge is -1.98. The fourth-order valence-corrected chi connectivity index (χ4v) is 1.85. The number of hydrogen-bond acceptors (Lipinski definition) is 5. The number of nitrogens with zero attached hydrogens (tertiary/aromatic N) is 1. The standard InChI is InChI=1S/C12H14N2O3S/c1-9(15)18-7-3-2-4-10-5-6-11(13)12(8-10)14(16)17/h2,4-6,8H,3,7,13H2,1H3. The Labute approximate surface area is 109 Å². The van der Waals surface area contributed by atoms with E-state index in [0.29, 0.717) is 5.75 Å². The minimum Gasteiger partial charge on any atom is -0.393 e. The molecule has 0 amide bonds. The Balaban J connectivity index is 2.62. The monoisotopic (exact) mass is 266 g/mol. The summed E-state index contributed by atoms with van der Waals surface area (Å²) in [7, 11) is 0. The van der Waals surface area contributed by atoms with Crippen LogP contribution in [0.25, 0.3) is 6.08 Å². The molecule has 5 nitrogen and oxygen atoms in total. The second-order valence-corrected chi connectivity index (χ2v) is 4.88. The van der Waals surface area contributed by atoms with E-state index in [1.54, 1.807) is 12.1 Å². The number of benzene rings is 1. The van der Waals surface area contributed by atoms with Crippen molar-refractivity contribution >= 4 is 34.3 Å². The SMILES string of the molecule is CC(=O)SCCC=Cc1ccc(N)c([N+](=O)[O-])c1. The summed E-state index contributed by atoms with van der Waals surface area (Å²) in [6.07, 6.45) is 4.40. The molecule has 6 heteroatoms. The van der Waals surface area contributed by atoms with Crippen molar-refractivity contribution in [3.63, 3.8) is 0 Å². The summed E-state index contributed by atoms with van der Waals surface area (Å²) in [6, 6.07) is 4.67. The van der Waals surface area contributed by atoms with Gasteiger partial charge in [0.1, 0.15) is 5.69 Å². The highest BCUT2D eigenvalue weighted by Gasteiger charge is 2.10. The highest BCUT2D eigenvalue weighted by Crippen LogP contribution is 2.23. The summed E-state index contributed by atoms with van der Waals surface area (Å²) in [6.45, 7) is 1.53. The van der Waals surface area contributed by atoms with Gasteiger partial charge >= 0.3 is 0 Å². The average Bonchev–Trinajstić information content (AvgIpc) is 2.30. The van der Waals surface area contributed by atoms with Crippen LogP contribution in [0.2, 0.25) is 0 Å². The van der Waals surface area contributed by atoms with Crippen LogP contribution in [-0.4, -0.2) is 15.8 Å². The Morgan fingerprint density at radius 3 is 2.89 bits per heavy atom. The fourth-order valence-electron chi connectivity index (χ4n) is 1.31. The van der Waals surface area contributed by atoms with Crippen LogP contribution < -0.4 is 5.73 Å². The van der Waals surface area contributed by atoms with Crippen molar-refractivity contribution in [1.29, 1.82) is 0 Å². The zero-order valence-electron chi connectivity index (χ0n) is 9.96. The molecule has 18 heavy (non-hydrogen) atoms. The van der Waals surface area contributed by atoms with Crippen LogP contribution in [0.5, 0.6) is 0 Å². The number of allylic oxidation sites excluding steroid dienone is 1. The summed E-state index contributed by atoms with van der Waals surface area (Å²) in [5.41, 5.74) is 6.29. The summed E-state index contributed by atoms with van der Waals surface area (Å²) >= 11 is 1.26. The molecule has 0 aliphatic heterocycles. The third-order valence-corrected chi connectivity index (χ3v) is 3.00. The molecule has 0 aliphatic rings. The highest BCUT2D eigenvalue weighted by atomic mass is 32.2. The summed E-state index contributed by atoms with van der Waals surface area (Å²) in [4.78, 5) is 20.9. The highest BCUT2D eigenvalue weighted by molar-refractivity contribution is 8.13. The molecule has 0 spiro atoms. The van der Waals surface area contributed by atoms with Crippen molar-refractivity contribution < 1.29 is 9.72 Å². The lowest BCUT2D eigenvalue weighted by atomic mass is 10.1. The Morgan fingerprint density at radius 1 is 1.56 bits per heavy atom. The van der Waals surface area contributed by atoms with Gasteiger partial charge in [0, 0.05) is 18.7 Å². The summed E-state index contributed by atoms with van der Waals surface area (Å²) in [5, 5.41) is 10.8. The maximum atomic E-state index is 10.7. The number of hydrogen-bond donors (Lipinski definition) is 1. The quantitative estimate of drug-likeness (QED) is 0.383. The first-order valence-electron chi connectivity index (χ1n) is 5.34. The third-order valence-electron chi connectivity index (χ3n) is 2.15. The number of rotatable bonds is 5. The molecule has 0 atom stereocenters. The first kappa shape index (κ1) is 14.2. The van der Waals surface area contributed by atoms with Crippen LogP contribution in [0.4, 0.5) is 11.4 Å². The first-order chi connectivity index (χ1) is 8.50. The second kappa shape index (κ2) is 6.80. The van der Waals surface area contributed by atoms with Gasteiger partial charge in [-0.1, -0.05) is 30.0 Å². The topological polar surface area (TPSA) is 86.2 Å². The van der Waals surface area contributed by atoms with Gasteiger partial charge in [0.2, 0.25) is 0 Å². The van der Waals surface area contributed by atoms with E-state index in [9.17, 15) is 14.9 Å². The minimum absolute atomic E-state index is 0.0877. The molecule has 0 fully saturated rings. The third kappa shape index (κ3) is 4.58. The van der Waals surface area contributed by atoms with Gasteiger partial charge in [0.15, 0.2) is 5.12 Å². The average molecular weight is 266 g/mol. The Bertz CT molecular complexity index is 486.